The summed E-state index contributed by atoms with van der Waals surface area (Å²) < 4.78 is 0. The summed E-state index contributed by atoms with van der Waals surface area (Å²) in [5.41, 5.74) is 0. The maximum absolute atomic E-state index is 12.2. The molecule has 1 fully saturated rings. The van der Waals surface area contributed by atoms with Crippen molar-refractivity contribution in [2.75, 3.05) is 5.75 Å². The SMILES string of the molecule is CCCC1SCC(C(=O)O)N1C(=O)C(C)CC. The quantitative estimate of drug-likeness (QED) is 0.822. The average molecular weight is 259 g/mol. The number of carbonyl (C=O) groups excluding carboxylic acids is 1. The Labute approximate surface area is 107 Å². The second-order valence-electron chi connectivity index (χ2n) is 4.49. The molecule has 0 spiro atoms. The molecular weight excluding hydrogens is 238 g/mol. The smallest absolute Gasteiger partial charge is 0.327 e. The first-order valence-corrected chi connectivity index (χ1v) is 7.24. The van der Waals surface area contributed by atoms with Crippen LogP contribution in [-0.2, 0) is 9.59 Å². The Morgan fingerprint density at radius 3 is 2.59 bits per heavy atom. The van der Waals surface area contributed by atoms with Crippen molar-refractivity contribution in [1.82, 2.24) is 4.90 Å². The van der Waals surface area contributed by atoms with E-state index in [-0.39, 0.29) is 17.2 Å². The number of amides is 1. The van der Waals surface area contributed by atoms with E-state index < -0.39 is 12.0 Å². The molecule has 1 rings (SSSR count). The van der Waals surface area contributed by atoms with Crippen molar-refractivity contribution in [3.05, 3.63) is 0 Å². The molecule has 1 aliphatic heterocycles. The lowest BCUT2D eigenvalue weighted by atomic mass is 10.1. The number of thioether (sulfide) groups is 1. The normalized spacial score (nSPS) is 25.9. The zero-order valence-corrected chi connectivity index (χ0v) is 11.5. The van der Waals surface area contributed by atoms with E-state index in [1.54, 1.807) is 16.7 Å². The van der Waals surface area contributed by atoms with Gasteiger partial charge in [0.1, 0.15) is 6.04 Å². The lowest BCUT2D eigenvalue weighted by molar-refractivity contribution is -0.150. The molecule has 0 aromatic heterocycles. The van der Waals surface area contributed by atoms with E-state index in [2.05, 4.69) is 6.92 Å². The van der Waals surface area contributed by atoms with Crippen molar-refractivity contribution in [1.29, 1.82) is 0 Å². The fourth-order valence-electron chi connectivity index (χ4n) is 1.95. The summed E-state index contributed by atoms with van der Waals surface area (Å²) in [6, 6.07) is -0.641. The summed E-state index contributed by atoms with van der Waals surface area (Å²) in [5, 5.41) is 9.21. The minimum Gasteiger partial charge on any atom is -0.480 e. The molecular formula is C12H21NO3S. The van der Waals surface area contributed by atoms with Crippen LogP contribution in [0.3, 0.4) is 0 Å². The molecule has 1 N–H and O–H groups in total. The third-order valence-corrected chi connectivity index (χ3v) is 4.56. The molecule has 1 heterocycles. The first kappa shape index (κ1) is 14.4. The number of carbonyl (C=O) groups is 2. The summed E-state index contributed by atoms with van der Waals surface area (Å²) >= 11 is 1.59. The van der Waals surface area contributed by atoms with Crippen LogP contribution in [0.15, 0.2) is 0 Å². The predicted molar refractivity (Wildman–Crippen MR) is 68.9 cm³/mol. The molecule has 1 amide bonds. The van der Waals surface area contributed by atoms with Gasteiger partial charge in [-0.1, -0.05) is 27.2 Å². The van der Waals surface area contributed by atoms with Gasteiger partial charge in [0.25, 0.3) is 0 Å². The van der Waals surface area contributed by atoms with Crippen molar-refractivity contribution >= 4 is 23.6 Å². The number of carboxylic acids is 1. The van der Waals surface area contributed by atoms with Gasteiger partial charge in [0.05, 0.1) is 5.37 Å². The Kier molecular flexibility index (Phi) is 5.31. The Bertz CT molecular complexity index is 295. The number of carboxylic acid groups (broad SMARTS) is 1. The van der Waals surface area contributed by atoms with Crippen LogP contribution in [0.2, 0.25) is 0 Å². The summed E-state index contributed by atoms with van der Waals surface area (Å²) in [7, 11) is 0. The number of hydrogen-bond acceptors (Lipinski definition) is 3. The predicted octanol–water partition coefficient (Wildman–Crippen LogP) is 2.19. The molecule has 0 aromatic carbocycles. The molecule has 1 saturated heterocycles. The standard InChI is InChI=1S/C12H21NO3S/c1-4-6-10-13(11(14)8(3)5-2)9(7-17-10)12(15)16/h8-10H,4-7H2,1-3H3,(H,15,16). The lowest BCUT2D eigenvalue weighted by Crippen LogP contribution is -2.47. The summed E-state index contributed by atoms with van der Waals surface area (Å²) in [4.78, 5) is 25.0. The highest BCUT2D eigenvalue weighted by atomic mass is 32.2. The number of aliphatic carboxylic acids is 1. The van der Waals surface area contributed by atoms with Gasteiger partial charge in [-0.25, -0.2) is 4.79 Å². The van der Waals surface area contributed by atoms with Gasteiger partial charge >= 0.3 is 5.97 Å². The number of hydrogen-bond donors (Lipinski definition) is 1. The maximum Gasteiger partial charge on any atom is 0.327 e. The molecule has 1 aliphatic rings. The second-order valence-corrected chi connectivity index (χ2v) is 5.70. The lowest BCUT2D eigenvalue weighted by Gasteiger charge is -2.29. The van der Waals surface area contributed by atoms with E-state index in [4.69, 9.17) is 5.11 Å². The van der Waals surface area contributed by atoms with Gasteiger partial charge in [-0.3, -0.25) is 4.79 Å². The molecule has 4 nitrogen and oxygen atoms in total. The summed E-state index contributed by atoms with van der Waals surface area (Å²) in [6.07, 6.45) is 2.59. The zero-order chi connectivity index (χ0) is 13.0. The van der Waals surface area contributed by atoms with Crippen molar-refractivity contribution in [3.8, 4) is 0 Å². The second kappa shape index (κ2) is 6.28. The molecule has 3 unspecified atom stereocenters. The van der Waals surface area contributed by atoms with E-state index in [1.165, 1.54) is 0 Å². The molecule has 3 atom stereocenters. The van der Waals surface area contributed by atoms with Crippen LogP contribution in [0.4, 0.5) is 0 Å². The van der Waals surface area contributed by atoms with E-state index in [1.807, 2.05) is 13.8 Å². The van der Waals surface area contributed by atoms with Gasteiger partial charge in [-0.15, -0.1) is 11.8 Å². The van der Waals surface area contributed by atoms with E-state index >= 15 is 0 Å². The van der Waals surface area contributed by atoms with Gasteiger partial charge in [-0.2, -0.15) is 0 Å². The molecule has 0 aliphatic carbocycles. The largest absolute Gasteiger partial charge is 0.480 e. The van der Waals surface area contributed by atoms with E-state index in [9.17, 15) is 9.59 Å². The van der Waals surface area contributed by atoms with Crippen LogP contribution in [0.5, 0.6) is 0 Å². The molecule has 17 heavy (non-hydrogen) atoms. The minimum atomic E-state index is -0.882. The minimum absolute atomic E-state index is 0.0108. The topological polar surface area (TPSA) is 57.6 Å². The molecule has 0 bridgehead atoms. The Balaban J connectivity index is 2.85. The van der Waals surface area contributed by atoms with Crippen LogP contribution < -0.4 is 0 Å². The molecule has 0 aromatic rings. The van der Waals surface area contributed by atoms with Crippen molar-refractivity contribution < 1.29 is 14.7 Å². The fourth-order valence-corrected chi connectivity index (χ4v) is 3.47. The first-order valence-electron chi connectivity index (χ1n) is 6.19. The van der Waals surface area contributed by atoms with Crippen LogP contribution in [0.25, 0.3) is 0 Å². The highest BCUT2D eigenvalue weighted by Crippen LogP contribution is 2.33. The van der Waals surface area contributed by atoms with Gasteiger partial charge < -0.3 is 10.0 Å². The van der Waals surface area contributed by atoms with Gasteiger partial charge in [0.2, 0.25) is 5.91 Å². The van der Waals surface area contributed by atoms with Crippen LogP contribution in [0.1, 0.15) is 40.0 Å². The van der Waals surface area contributed by atoms with E-state index in [0.29, 0.717) is 5.75 Å². The average Bonchev–Trinajstić information content (AvgIpc) is 2.71. The van der Waals surface area contributed by atoms with Gasteiger partial charge in [-0.05, 0) is 12.8 Å². The first-order chi connectivity index (χ1) is 8.02. The van der Waals surface area contributed by atoms with Crippen molar-refractivity contribution in [3.63, 3.8) is 0 Å². The van der Waals surface area contributed by atoms with Crippen molar-refractivity contribution in [2.45, 2.75) is 51.4 Å². The number of nitrogens with zero attached hydrogens (tertiary/aromatic N) is 1. The highest BCUT2D eigenvalue weighted by Gasteiger charge is 2.41. The van der Waals surface area contributed by atoms with Gasteiger partial charge in [0.15, 0.2) is 0 Å². The third-order valence-electron chi connectivity index (χ3n) is 3.20. The Morgan fingerprint density at radius 1 is 1.47 bits per heavy atom. The molecule has 0 radical (unpaired) electrons. The number of rotatable bonds is 5. The van der Waals surface area contributed by atoms with Crippen molar-refractivity contribution in [2.24, 2.45) is 5.92 Å². The fraction of sp³-hybridized carbons (Fsp3) is 0.833. The van der Waals surface area contributed by atoms with Crippen LogP contribution in [0, 0.1) is 5.92 Å². The highest BCUT2D eigenvalue weighted by molar-refractivity contribution is 8.00. The monoisotopic (exact) mass is 259 g/mol. The summed E-state index contributed by atoms with van der Waals surface area (Å²) in [6.45, 7) is 5.88. The molecule has 0 saturated carbocycles. The van der Waals surface area contributed by atoms with E-state index in [0.717, 1.165) is 19.3 Å². The Morgan fingerprint density at radius 2 is 2.12 bits per heavy atom. The van der Waals surface area contributed by atoms with Gasteiger partial charge in [0, 0.05) is 11.7 Å². The molecule has 5 heteroatoms. The molecule has 98 valence electrons. The van der Waals surface area contributed by atoms with Crippen LogP contribution >= 0.6 is 11.8 Å². The third kappa shape index (κ3) is 3.15. The summed E-state index contributed by atoms with van der Waals surface area (Å²) in [5.74, 6) is -0.464. The Hall–Kier alpha value is -0.710. The maximum atomic E-state index is 12.2. The van der Waals surface area contributed by atoms with Crippen LogP contribution in [-0.4, -0.2) is 39.1 Å². The zero-order valence-electron chi connectivity index (χ0n) is 10.7.